The summed E-state index contributed by atoms with van der Waals surface area (Å²) >= 11 is 0. The summed E-state index contributed by atoms with van der Waals surface area (Å²) in [6.07, 6.45) is 5.45. The summed E-state index contributed by atoms with van der Waals surface area (Å²) in [7, 11) is -3.34. The van der Waals surface area contributed by atoms with Gasteiger partial charge in [-0.1, -0.05) is 42.5 Å². The van der Waals surface area contributed by atoms with Gasteiger partial charge in [-0.05, 0) is 69.2 Å². The van der Waals surface area contributed by atoms with Crippen LogP contribution in [0.1, 0.15) is 48.8 Å². The molecular formula is C27H35N5O3S. The standard InChI is InChI=1S/C27H35N5O3S/c1-18-25(21-12-14-23(15-13-21)32-36(2,34)35)31-26(29-18)24(16-19-6-4-3-5-7-19)30-27(33)22-10-8-20(17-28)9-11-22/h3-7,12-15,20,22,24,32H,8-11,16-17,28H2,1-2H3,(H,29,31)(H,30,33). The molecule has 1 aliphatic rings. The number of hydrogen-bond acceptors (Lipinski definition) is 5. The number of anilines is 1. The predicted octanol–water partition coefficient (Wildman–Crippen LogP) is 3.92. The van der Waals surface area contributed by atoms with Gasteiger partial charge in [-0.3, -0.25) is 9.52 Å². The van der Waals surface area contributed by atoms with Crippen molar-refractivity contribution in [2.45, 2.75) is 45.1 Å². The highest BCUT2D eigenvalue weighted by molar-refractivity contribution is 7.92. The van der Waals surface area contributed by atoms with E-state index in [2.05, 4.69) is 27.2 Å². The van der Waals surface area contributed by atoms with Crippen LogP contribution in [0.3, 0.4) is 0 Å². The summed E-state index contributed by atoms with van der Waals surface area (Å²) < 4.78 is 25.5. The van der Waals surface area contributed by atoms with Gasteiger partial charge in [0.2, 0.25) is 15.9 Å². The van der Waals surface area contributed by atoms with Crippen LogP contribution in [0.2, 0.25) is 0 Å². The van der Waals surface area contributed by atoms with Gasteiger partial charge in [-0.2, -0.15) is 0 Å². The van der Waals surface area contributed by atoms with Gasteiger partial charge in [0, 0.05) is 22.9 Å². The van der Waals surface area contributed by atoms with Gasteiger partial charge in [0.25, 0.3) is 0 Å². The second kappa shape index (κ2) is 11.3. The maximum Gasteiger partial charge on any atom is 0.229 e. The minimum Gasteiger partial charge on any atom is -0.346 e. The van der Waals surface area contributed by atoms with Crippen LogP contribution in [0, 0.1) is 18.8 Å². The third-order valence-electron chi connectivity index (χ3n) is 6.84. The van der Waals surface area contributed by atoms with Crippen LogP contribution < -0.4 is 15.8 Å². The number of aryl methyl sites for hydroxylation is 1. The molecule has 1 fully saturated rings. The van der Waals surface area contributed by atoms with Crippen LogP contribution in [-0.2, 0) is 21.2 Å². The molecule has 1 aromatic heterocycles. The molecule has 0 bridgehead atoms. The number of sulfonamides is 1. The lowest BCUT2D eigenvalue weighted by atomic mass is 9.81. The van der Waals surface area contributed by atoms with Crippen molar-refractivity contribution in [3.05, 3.63) is 71.7 Å². The van der Waals surface area contributed by atoms with E-state index in [9.17, 15) is 13.2 Å². The molecular weight excluding hydrogens is 474 g/mol. The highest BCUT2D eigenvalue weighted by atomic mass is 32.2. The smallest absolute Gasteiger partial charge is 0.229 e. The Labute approximate surface area is 213 Å². The monoisotopic (exact) mass is 509 g/mol. The number of carbonyl (C=O) groups excluding carboxylic acids is 1. The molecule has 8 nitrogen and oxygen atoms in total. The Morgan fingerprint density at radius 1 is 1.08 bits per heavy atom. The number of nitrogens with one attached hydrogen (secondary N) is 3. The molecule has 5 N–H and O–H groups in total. The van der Waals surface area contributed by atoms with Gasteiger partial charge >= 0.3 is 0 Å². The number of imidazole rings is 1. The van der Waals surface area contributed by atoms with E-state index in [-0.39, 0.29) is 17.9 Å². The number of carbonyl (C=O) groups is 1. The molecule has 1 heterocycles. The molecule has 1 aliphatic carbocycles. The number of benzene rings is 2. The highest BCUT2D eigenvalue weighted by Crippen LogP contribution is 2.30. The number of hydrogen-bond donors (Lipinski definition) is 4. The van der Waals surface area contributed by atoms with Crippen molar-refractivity contribution in [1.29, 1.82) is 0 Å². The Bertz CT molecular complexity index is 1260. The van der Waals surface area contributed by atoms with Crippen LogP contribution in [-0.4, -0.2) is 37.1 Å². The molecule has 9 heteroatoms. The first-order valence-corrected chi connectivity index (χ1v) is 14.3. The van der Waals surface area contributed by atoms with E-state index in [0.29, 0.717) is 30.4 Å². The lowest BCUT2D eigenvalue weighted by Gasteiger charge is -2.28. The molecule has 36 heavy (non-hydrogen) atoms. The maximum absolute atomic E-state index is 13.2. The Morgan fingerprint density at radius 2 is 1.75 bits per heavy atom. The Kier molecular flexibility index (Phi) is 8.11. The van der Waals surface area contributed by atoms with Crippen molar-refractivity contribution in [2.24, 2.45) is 17.6 Å². The molecule has 1 amide bonds. The SMILES string of the molecule is Cc1[nH]c(C(Cc2ccccc2)NC(=O)C2CCC(CN)CC2)nc1-c1ccc(NS(C)(=O)=O)cc1. The molecule has 1 saturated carbocycles. The number of aromatic amines is 1. The highest BCUT2D eigenvalue weighted by Gasteiger charge is 2.28. The zero-order valence-electron chi connectivity index (χ0n) is 20.8. The fraction of sp³-hybridized carbons (Fsp3) is 0.407. The van der Waals surface area contributed by atoms with Crippen molar-refractivity contribution >= 4 is 21.6 Å². The fourth-order valence-electron chi connectivity index (χ4n) is 4.86. The van der Waals surface area contributed by atoms with Crippen LogP contribution in [0.15, 0.2) is 54.6 Å². The first kappa shape index (κ1) is 25.9. The van der Waals surface area contributed by atoms with Crippen LogP contribution in [0.4, 0.5) is 5.69 Å². The second-order valence-electron chi connectivity index (χ2n) is 9.75. The summed E-state index contributed by atoms with van der Waals surface area (Å²) in [6, 6.07) is 16.9. The Balaban J connectivity index is 1.56. The average molecular weight is 510 g/mol. The van der Waals surface area contributed by atoms with Crippen molar-refractivity contribution in [3.8, 4) is 11.3 Å². The number of H-pyrrole nitrogens is 1. The van der Waals surface area contributed by atoms with Gasteiger partial charge in [0.15, 0.2) is 0 Å². The largest absolute Gasteiger partial charge is 0.346 e. The molecule has 4 rings (SSSR count). The topological polar surface area (TPSA) is 130 Å². The van der Waals surface area contributed by atoms with Gasteiger partial charge in [-0.25, -0.2) is 13.4 Å². The summed E-state index contributed by atoms with van der Waals surface area (Å²) in [5.41, 5.74) is 9.94. The zero-order chi connectivity index (χ0) is 25.7. The minimum absolute atomic E-state index is 0.00325. The molecule has 1 unspecified atom stereocenters. The lowest BCUT2D eigenvalue weighted by molar-refractivity contribution is -0.127. The molecule has 3 aromatic rings. The van der Waals surface area contributed by atoms with Crippen LogP contribution in [0.5, 0.6) is 0 Å². The van der Waals surface area contributed by atoms with E-state index in [0.717, 1.165) is 54.5 Å². The normalized spacial score (nSPS) is 19.0. The number of nitrogens with two attached hydrogens (primary N) is 1. The minimum atomic E-state index is -3.34. The van der Waals surface area contributed by atoms with E-state index < -0.39 is 10.0 Å². The van der Waals surface area contributed by atoms with Crippen molar-refractivity contribution in [1.82, 2.24) is 15.3 Å². The van der Waals surface area contributed by atoms with Gasteiger partial charge < -0.3 is 16.0 Å². The van der Waals surface area contributed by atoms with Crippen molar-refractivity contribution < 1.29 is 13.2 Å². The predicted molar refractivity (Wildman–Crippen MR) is 143 cm³/mol. The van der Waals surface area contributed by atoms with Gasteiger partial charge in [0.1, 0.15) is 5.82 Å². The number of rotatable bonds is 9. The van der Waals surface area contributed by atoms with E-state index in [4.69, 9.17) is 10.7 Å². The third kappa shape index (κ3) is 6.73. The maximum atomic E-state index is 13.2. The Morgan fingerprint density at radius 3 is 2.36 bits per heavy atom. The molecule has 2 aromatic carbocycles. The quantitative estimate of drug-likeness (QED) is 0.347. The van der Waals surface area contributed by atoms with Crippen molar-refractivity contribution in [2.75, 3.05) is 17.5 Å². The molecule has 1 atom stereocenters. The van der Waals surface area contributed by atoms with Gasteiger partial charge in [0.05, 0.1) is 18.0 Å². The zero-order valence-corrected chi connectivity index (χ0v) is 21.6. The average Bonchev–Trinajstić information content (AvgIpc) is 3.25. The van der Waals surface area contributed by atoms with Crippen LogP contribution in [0.25, 0.3) is 11.3 Å². The first-order valence-electron chi connectivity index (χ1n) is 12.4. The lowest BCUT2D eigenvalue weighted by Crippen LogP contribution is -2.37. The molecule has 0 aliphatic heterocycles. The van der Waals surface area contributed by atoms with E-state index >= 15 is 0 Å². The Hall–Kier alpha value is -3.17. The number of nitrogens with zero attached hydrogens (tertiary/aromatic N) is 1. The molecule has 0 saturated heterocycles. The summed E-state index contributed by atoms with van der Waals surface area (Å²) in [4.78, 5) is 21.5. The van der Waals surface area contributed by atoms with E-state index in [1.807, 2.05) is 37.3 Å². The summed E-state index contributed by atoms with van der Waals surface area (Å²) in [6.45, 7) is 2.63. The second-order valence-corrected chi connectivity index (χ2v) is 11.5. The number of aromatic nitrogens is 2. The fourth-order valence-corrected chi connectivity index (χ4v) is 5.42. The molecule has 192 valence electrons. The molecule has 0 radical (unpaired) electrons. The van der Waals surface area contributed by atoms with Gasteiger partial charge in [-0.15, -0.1) is 0 Å². The van der Waals surface area contributed by atoms with Crippen molar-refractivity contribution in [3.63, 3.8) is 0 Å². The van der Waals surface area contributed by atoms with E-state index in [1.54, 1.807) is 12.1 Å². The molecule has 0 spiro atoms. The first-order chi connectivity index (χ1) is 17.2. The van der Waals surface area contributed by atoms with Crippen LogP contribution >= 0.6 is 0 Å². The summed E-state index contributed by atoms with van der Waals surface area (Å²) in [5, 5.41) is 3.27. The summed E-state index contributed by atoms with van der Waals surface area (Å²) in [5.74, 6) is 1.28. The van der Waals surface area contributed by atoms with E-state index in [1.165, 1.54) is 0 Å². The third-order valence-corrected chi connectivity index (χ3v) is 7.45. The number of amides is 1.